The van der Waals surface area contributed by atoms with Gasteiger partial charge in [0, 0.05) is 44.9 Å². The number of anilines is 1. The van der Waals surface area contributed by atoms with Gasteiger partial charge in [0.25, 0.3) is 0 Å². The molecule has 7 rings (SSSR count). The highest BCUT2D eigenvalue weighted by atomic mass is 32.1. The Balaban J connectivity index is 1.19. The van der Waals surface area contributed by atoms with Crippen LogP contribution >= 0.6 is 11.3 Å². The maximum atomic E-state index is 13.7. The summed E-state index contributed by atoms with van der Waals surface area (Å²) in [4.78, 5) is 21.4. The van der Waals surface area contributed by atoms with Crippen molar-refractivity contribution in [2.24, 2.45) is 5.92 Å². The van der Waals surface area contributed by atoms with Crippen molar-refractivity contribution in [2.75, 3.05) is 18.4 Å². The van der Waals surface area contributed by atoms with Gasteiger partial charge >= 0.3 is 0 Å². The van der Waals surface area contributed by atoms with Crippen molar-refractivity contribution in [1.29, 1.82) is 0 Å². The molecule has 0 atom stereocenters. The van der Waals surface area contributed by atoms with Crippen LogP contribution in [0.1, 0.15) is 19.3 Å². The molecular formula is C31H27FN6OS. The first-order chi connectivity index (χ1) is 19.6. The summed E-state index contributed by atoms with van der Waals surface area (Å²) in [5.74, 6) is 0.452. The van der Waals surface area contributed by atoms with E-state index in [-0.39, 0.29) is 11.0 Å². The first kappa shape index (κ1) is 24.7. The van der Waals surface area contributed by atoms with Gasteiger partial charge in [-0.15, -0.1) is 11.3 Å². The van der Waals surface area contributed by atoms with Crippen molar-refractivity contribution >= 4 is 44.7 Å². The third-order valence-corrected chi connectivity index (χ3v) is 8.52. The Bertz CT molecular complexity index is 1850. The number of thiophene rings is 1. The van der Waals surface area contributed by atoms with Gasteiger partial charge in [-0.2, -0.15) is 9.49 Å². The van der Waals surface area contributed by atoms with Gasteiger partial charge in [0.05, 0.1) is 23.1 Å². The Morgan fingerprint density at radius 2 is 1.88 bits per heavy atom. The minimum atomic E-state index is -0.200. The number of carbonyl (C=O) groups is 1. The number of amides is 1. The van der Waals surface area contributed by atoms with Crippen LogP contribution in [0.25, 0.3) is 54.8 Å². The number of hydrogen-bond acceptors (Lipinski definition) is 5. The maximum absolute atomic E-state index is 13.7. The molecule has 1 aliphatic rings. The molecular weight excluding hydrogens is 523 g/mol. The van der Waals surface area contributed by atoms with Gasteiger partial charge < -0.3 is 15.6 Å². The first-order valence-electron chi connectivity index (χ1n) is 13.4. The number of hydrogen-bond donors (Lipinski definition) is 4. The monoisotopic (exact) mass is 550 g/mol. The largest absolute Gasteiger partial charge is 0.353 e. The van der Waals surface area contributed by atoms with E-state index in [1.165, 1.54) is 6.07 Å². The number of aromatic amines is 2. The van der Waals surface area contributed by atoms with Crippen molar-refractivity contribution in [2.45, 2.75) is 19.3 Å². The summed E-state index contributed by atoms with van der Waals surface area (Å²) in [7, 11) is 0. The van der Waals surface area contributed by atoms with Crippen LogP contribution in [-0.4, -0.2) is 39.2 Å². The number of aromatic nitrogens is 4. The Morgan fingerprint density at radius 1 is 0.975 bits per heavy atom. The van der Waals surface area contributed by atoms with Gasteiger partial charge in [0.1, 0.15) is 5.69 Å². The third kappa shape index (κ3) is 4.78. The standard InChI is InChI=1S/C31H27FN6OS/c32-29-7-6-28(40-29)22-2-1-3-25-23(22)15-27(36-25)31-24-14-19(4-5-26(24)37-38-31)20-13-21(17-34-16-20)35-30(39)12-18-8-10-33-11-9-18/h1-7,13-18,33,36H,8-12H2,(H,35,39)(H,37,38). The highest BCUT2D eigenvalue weighted by Gasteiger charge is 2.18. The molecule has 4 N–H and O–H groups in total. The van der Waals surface area contributed by atoms with E-state index >= 15 is 0 Å². The Kier molecular flexibility index (Phi) is 6.37. The molecule has 0 aliphatic carbocycles. The summed E-state index contributed by atoms with van der Waals surface area (Å²) in [6.07, 6.45) is 6.09. The van der Waals surface area contributed by atoms with E-state index < -0.39 is 0 Å². The second-order valence-electron chi connectivity index (χ2n) is 10.3. The lowest BCUT2D eigenvalue weighted by Gasteiger charge is -2.21. The summed E-state index contributed by atoms with van der Waals surface area (Å²) in [5.41, 5.74) is 7.12. The molecule has 0 bridgehead atoms. The second kappa shape index (κ2) is 10.3. The molecule has 6 aromatic rings. The second-order valence-corrected chi connectivity index (χ2v) is 11.3. The number of halogens is 1. The fourth-order valence-electron chi connectivity index (χ4n) is 5.58. The molecule has 1 saturated heterocycles. The lowest BCUT2D eigenvalue weighted by atomic mass is 9.94. The van der Waals surface area contributed by atoms with E-state index in [4.69, 9.17) is 0 Å². The summed E-state index contributed by atoms with van der Waals surface area (Å²) in [5, 5.41) is 15.9. The van der Waals surface area contributed by atoms with Crippen LogP contribution < -0.4 is 10.6 Å². The van der Waals surface area contributed by atoms with Gasteiger partial charge in [-0.25, -0.2) is 0 Å². The van der Waals surface area contributed by atoms with Crippen LogP contribution in [0.5, 0.6) is 0 Å². The van der Waals surface area contributed by atoms with Gasteiger partial charge in [0.15, 0.2) is 5.13 Å². The molecule has 0 unspecified atom stereocenters. The quantitative estimate of drug-likeness (QED) is 0.180. The van der Waals surface area contributed by atoms with Gasteiger partial charge in [0.2, 0.25) is 5.91 Å². The SMILES string of the molecule is O=C(CC1CCNCC1)Nc1cncc(-c2ccc3[nH]nc(-c4cc5c(-c6ccc(F)s6)cccc5[nH]4)c3c2)c1. The Morgan fingerprint density at radius 3 is 2.73 bits per heavy atom. The van der Waals surface area contributed by atoms with Gasteiger partial charge in [-0.05, 0) is 79.9 Å². The topological polar surface area (TPSA) is 98.5 Å². The van der Waals surface area contributed by atoms with E-state index in [2.05, 4.69) is 42.9 Å². The van der Waals surface area contributed by atoms with Crippen molar-refractivity contribution in [1.82, 2.24) is 25.5 Å². The van der Waals surface area contributed by atoms with Crippen LogP contribution in [0.15, 0.2) is 73.1 Å². The molecule has 40 heavy (non-hydrogen) atoms. The van der Waals surface area contributed by atoms with Crippen LogP contribution in [0, 0.1) is 11.0 Å². The van der Waals surface area contributed by atoms with E-state index in [0.29, 0.717) is 18.0 Å². The highest BCUT2D eigenvalue weighted by molar-refractivity contribution is 7.14. The maximum Gasteiger partial charge on any atom is 0.224 e. The van der Waals surface area contributed by atoms with Crippen molar-refractivity contribution in [3.8, 4) is 33.0 Å². The Hall–Kier alpha value is -4.34. The average Bonchev–Trinajstić information content (AvgIpc) is 3.71. The third-order valence-electron chi connectivity index (χ3n) is 7.61. The van der Waals surface area contributed by atoms with Crippen LogP contribution in [-0.2, 0) is 4.79 Å². The average molecular weight is 551 g/mol. The lowest BCUT2D eigenvalue weighted by molar-refractivity contribution is -0.117. The zero-order chi connectivity index (χ0) is 27.1. The number of nitrogens with zero attached hydrogens (tertiary/aromatic N) is 2. The number of piperidine rings is 1. The zero-order valence-corrected chi connectivity index (χ0v) is 22.4. The number of rotatable bonds is 6. The molecule has 1 aliphatic heterocycles. The van der Waals surface area contributed by atoms with Gasteiger partial charge in [-0.3, -0.25) is 14.9 Å². The number of nitrogens with one attached hydrogen (secondary N) is 4. The fraction of sp³-hybridized carbons (Fsp3) is 0.194. The summed E-state index contributed by atoms with van der Waals surface area (Å²) in [6, 6.07) is 19.5. The number of benzene rings is 2. The first-order valence-corrected chi connectivity index (χ1v) is 14.2. The van der Waals surface area contributed by atoms with Crippen molar-refractivity contribution < 1.29 is 9.18 Å². The van der Waals surface area contributed by atoms with E-state index in [1.54, 1.807) is 12.4 Å². The molecule has 2 aromatic carbocycles. The molecule has 4 aromatic heterocycles. The van der Waals surface area contributed by atoms with Crippen molar-refractivity contribution in [3.05, 3.63) is 78.2 Å². The number of carbonyl (C=O) groups excluding carboxylic acids is 1. The molecule has 9 heteroatoms. The fourth-order valence-corrected chi connectivity index (χ4v) is 6.35. The zero-order valence-electron chi connectivity index (χ0n) is 21.6. The van der Waals surface area contributed by atoms with E-state index in [9.17, 15) is 9.18 Å². The smallest absolute Gasteiger partial charge is 0.224 e. The number of H-pyrrole nitrogens is 2. The molecule has 0 radical (unpaired) electrons. The predicted octanol–water partition coefficient (Wildman–Crippen LogP) is 6.97. The van der Waals surface area contributed by atoms with Gasteiger partial charge in [-0.1, -0.05) is 18.2 Å². The van der Waals surface area contributed by atoms with Crippen LogP contribution in [0.2, 0.25) is 0 Å². The number of pyridine rings is 1. The summed E-state index contributed by atoms with van der Waals surface area (Å²) >= 11 is 1.14. The molecule has 1 fully saturated rings. The normalized spacial score (nSPS) is 14.2. The summed E-state index contributed by atoms with van der Waals surface area (Å²) < 4.78 is 13.7. The minimum absolute atomic E-state index is 0.0295. The minimum Gasteiger partial charge on any atom is -0.353 e. The number of fused-ring (bicyclic) bond motifs is 2. The van der Waals surface area contributed by atoms with Crippen LogP contribution in [0.4, 0.5) is 10.1 Å². The Labute approximate surface area is 233 Å². The lowest BCUT2D eigenvalue weighted by Crippen LogP contribution is -2.30. The highest BCUT2D eigenvalue weighted by Crippen LogP contribution is 2.37. The van der Waals surface area contributed by atoms with Crippen LogP contribution in [0.3, 0.4) is 0 Å². The molecule has 5 heterocycles. The summed E-state index contributed by atoms with van der Waals surface area (Å²) in [6.45, 7) is 1.95. The molecule has 200 valence electrons. The molecule has 0 spiro atoms. The molecule has 0 saturated carbocycles. The van der Waals surface area contributed by atoms with E-state index in [0.717, 1.165) is 92.0 Å². The van der Waals surface area contributed by atoms with Crippen molar-refractivity contribution in [3.63, 3.8) is 0 Å². The molecule has 7 nitrogen and oxygen atoms in total. The van der Waals surface area contributed by atoms with E-state index in [1.807, 2.05) is 42.5 Å². The predicted molar refractivity (Wildman–Crippen MR) is 159 cm³/mol. The molecule has 1 amide bonds.